The Kier molecular flexibility index (Phi) is 1.85. The van der Waals surface area contributed by atoms with E-state index < -0.39 is 5.91 Å². The molecular weight excluding hydrogens is 176 g/mol. The summed E-state index contributed by atoms with van der Waals surface area (Å²) in [6, 6.07) is 9.63. The maximum atomic E-state index is 10.9. The van der Waals surface area contributed by atoms with Gasteiger partial charge in [-0.3, -0.25) is 4.79 Å². The highest BCUT2D eigenvalue weighted by atomic mass is 16.1. The van der Waals surface area contributed by atoms with E-state index in [1.165, 1.54) is 0 Å². The van der Waals surface area contributed by atoms with Crippen LogP contribution in [0.5, 0.6) is 0 Å². The number of fused-ring (bicyclic) bond motifs is 1. The van der Waals surface area contributed by atoms with Gasteiger partial charge in [0.2, 0.25) is 5.91 Å². The first kappa shape index (κ1) is 8.56. The van der Waals surface area contributed by atoms with Gasteiger partial charge in [-0.1, -0.05) is 24.8 Å². The van der Waals surface area contributed by atoms with Crippen LogP contribution in [0.4, 0.5) is 0 Å². The van der Waals surface area contributed by atoms with Gasteiger partial charge in [-0.2, -0.15) is 0 Å². The molecule has 0 radical (unpaired) electrons. The van der Waals surface area contributed by atoms with Crippen molar-refractivity contribution in [2.45, 2.75) is 0 Å². The third-order valence-electron chi connectivity index (χ3n) is 2.15. The van der Waals surface area contributed by atoms with Crippen LogP contribution in [0.15, 0.2) is 36.9 Å². The molecule has 0 aliphatic rings. The van der Waals surface area contributed by atoms with Gasteiger partial charge in [-0.15, -0.1) is 0 Å². The highest BCUT2D eigenvalue weighted by Gasteiger charge is 2.07. The number of nitrogens with two attached hydrogens (primary N) is 1. The number of hydrogen-bond donors (Lipinski definition) is 2. The maximum Gasteiger partial charge on any atom is 0.250 e. The molecule has 3 N–H and O–H groups in total. The van der Waals surface area contributed by atoms with Crippen molar-refractivity contribution in [2.75, 3.05) is 0 Å². The number of aromatic nitrogens is 1. The molecule has 0 saturated heterocycles. The van der Waals surface area contributed by atoms with Crippen molar-refractivity contribution in [3.63, 3.8) is 0 Å². The van der Waals surface area contributed by atoms with Crippen LogP contribution in [-0.4, -0.2) is 10.9 Å². The third kappa shape index (κ3) is 1.29. The van der Waals surface area contributed by atoms with Gasteiger partial charge < -0.3 is 10.7 Å². The lowest BCUT2D eigenvalue weighted by atomic mass is 10.2. The molecule has 2 aromatic rings. The number of hydrogen-bond acceptors (Lipinski definition) is 1. The summed E-state index contributed by atoms with van der Waals surface area (Å²) in [5.74, 6) is -0.503. The van der Waals surface area contributed by atoms with Crippen molar-refractivity contribution in [1.29, 1.82) is 0 Å². The van der Waals surface area contributed by atoms with E-state index in [0.29, 0.717) is 11.3 Å². The molecule has 1 aromatic carbocycles. The van der Waals surface area contributed by atoms with Crippen LogP contribution in [0.2, 0.25) is 0 Å². The Hall–Kier alpha value is -2.03. The Morgan fingerprint density at radius 3 is 2.71 bits per heavy atom. The molecule has 70 valence electrons. The Bertz CT molecular complexity index is 478. The third-order valence-corrected chi connectivity index (χ3v) is 2.15. The summed E-state index contributed by atoms with van der Waals surface area (Å²) in [6.07, 6.45) is 0. The molecule has 0 saturated carbocycles. The number of carbonyl (C=O) groups is 1. The number of H-pyrrole nitrogens is 1. The number of rotatable bonds is 2. The predicted molar refractivity (Wildman–Crippen MR) is 56.5 cm³/mol. The molecular formula is C11H10N2O. The molecule has 1 amide bonds. The molecule has 0 fully saturated rings. The van der Waals surface area contributed by atoms with E-state index in [1.54, 1.807) is 0 Å². The highest BCUT2D eigenvalue weighted by molar-refractivity contribution is 6.18. The average Bonchev–Trinajstić information content (AvgIpc) is 2.59. The van der Waals surface area contributed by atoms with E-state index in [0.717, 1.165) is 10.9 Å². The van der Waals surface area contributed by atoms with Crippen LogP contribution in [0, 0.1) is 0 Å². The van der Waals surface area contributed by atoms with Crippen molar-refractivity contribution in [3.8, 4) is 0 Å². The standard InChI is InChI=1S/C11H10N2O/c1-7(11(12)14)10-6-8-4-2-3-5-9(8)13-10/h2-6,13H,1H2,(H2,12,14). The maximum absolute atomic E-state index is 10.9. The number of benzene rings is 1. The molecule has 14 heavy (non-hydrogen) atoms. The lowest BCUT2D eigenvalue weighted by Crippen LogP contribution is -2.11. The van der Waals surface area contributed by atoms with Gasteiger partial charge in [-0.05, 0) is 12.1 Å². The van der Waals surface area contributed by atoms with E-state index in [1.807, 2.05) is 30.3 Å². The normalized spacial score (nSPS) is 10.3. The van der Waals surface area contributed by atoms with Crippen LogP contribution in [0.1, 0.15) is 5.69 Å². The molecule has 0 spiro atoms. The summed E-state index contributed by atoms with van der Waals surface area (Å²) in [6.45, 7) is 3.61. The van der Waals surface area contributed by atoms with Crippen LogP contribution >= 0.6 is 0 Å². The molecule has 3 nitrogen and oxygen atoms in total. The molecule has 2 rings (SSSR count). The first-order chi connectivity index (χ1) is 6.68. The van der Waals surface area contributed by atoms with E-state index >= 15 is 0 Å². The Morgan fingerprint density at radius 1 is 1.36 bits per heavy atom. The lowest BCUT2D eigenvalue weighted by Gasteiger charge is -1.94. The summed E-state index contributed by atoms with van der Waals surface area (Å²) in [7, 11) is 0. The SMILES string of the molecule is C=C(C(N)=O)c1cc2ccccc2[nH]1. The van der Waals surface area contributed by atoms with Gasteiger partial charge in [0.1, 0.15) is 0 Å². The lowest BCUT2D eigenvalue weighted by molar-refractivity contribution is -0.112. The highest BCUT2D eigenvalue weighted by Crippen LogP contribution is 2.19. The van der Waals surface area contributed by atoms with Gasteiger partial charge in [0.25, 0.3) is 0 Å². The first-order valence-electron chi connectivity index (χ1n) is 4.25. The zero-order valence-electron chi connectivity index (χ0n) is 7.58. The zero-order chi connectivity index (χ0) is 10.1. The Labute approximate surface area is 81.2 Å². The van der Waals surface area contributed by atoms with E-state index in [-0.39, 0.29) is 0 Å². The summed E-state index contributed by atoms with van der Waals surface area (Å²) in [5.41, 5.74) is 7.09. The first-order valence-corrected chi connectivity index (χ1v) is 4.25. The van der Waals surface area contributed by atoms with Crippen LogP contribution in [0.3, 0.4) is 0 Å². The number of carbonyl (C=O) groups excluding carboxylic acids is 1. The van der Waals surface area contributed by atoms with E-state index in [2.05, 4.69) is 11.6 Å². The van der Waals surface area contributed by atoms with Crippen molar-refractivity contribution in [2.24, 2.45) is 5.73 Å². The zero-order valence-corrected chi connectivity index (χ0v) is 7.58. The number of nitrogens with one attached hydrogen (secondary N) is 1. The monoisotopic (exact) mass is 186 g/mol. The van der Waals surface area contributed by atoms with Crippen molar-refractivity contribution >= 4 is 22.4 Å². The molecule has 3 heteroatoms. The molecule has 1 aromatic heterocycles. The minimum absolute atomic E-state index is 0.307. The molecule has 0 aliphatic carbocycles. The summed E-state index contributed by atoms with van der Waals surface area (Å²) in [5, 5.41) is 1.05. The average molecular weight is 186 g/mol. The van der Waals surface area contributed by atoms with Crippen LogP contribution in [0.25, 0.3) is 16.5 Å². The van der Waals surface area contributed by atoms with Crippen molar-refractivity contribution < 1.29 is 4.79 Å². The largest absolute Gasteiger partial charge is 0.366 e. The summed E-state index contributed by atoms with van der Waals surface area (Å²) in [4.78, 5) is 14.0. The van der Waals surface area contributed by atoms with Gasteiger partial charge >= 0.3 is 0 Å². The van der Waals surface area contributed by atoms with Gasteiger partial charge in [-0.25, -0.2) is 0 Å². The molecule has 0 aliphatic heterocycles. The minimum atomic E-state index is -0.503. The Morgan fingerprint density at radius 2 is 2.07 bits per heavy atom. The summed E-state index contributed by atoms with van der Waals surface area (Å²) >= 11 is 0. The number of amides is 1. The van der Waals surface area contributed by atoms with Crippen LogP contribution < -0.4 is 5.73 Å². The smallest absolute Gasteiger partial charge is 0.250 e. The van der Waals surface area contributed by atoms with Gasteiger partial charge in [0.15, 0.2) is 0 Å². The van der Waals surface area contributed by atoms with Gasteiger partial charge in [0.05, 0.1) is 11.3 Å². The summed E-state index contributed by atoms with van der Waals surface area (Å²) < 4.78 is 0. The quantitative estimate of drug-likeness (QED) is 0.688. The second kappa shape index (κ2) is 3.03. The topological polar surface area (TPSA) is 58.9 Å². The van der Waals surface area contributed by atoms with Crippen molar-refractivity contribution in [1.82, 2.24) is 4.98 Å². The number of aromatic amines is 1. The van der Waals surface area contributed by atoms with E-state index in [4.69, 9.17) is 5.73 Å². The molecule has 1 heterocycles. The van der Waals surface area contributed by atoms with Gasteiger partial charge in [0, 0.05) is 10.9 Å². The fraction of sp³-hybridized carbons (Fsp3) is 0. The second-order valence-electron chi connectivity index (χ2n) is 3.11. The molecule has 0 atom stereocenters. The van der Waals surface area contributed by atoms with Crippen molar-refractivity contribution in [3.05, 3.63) is 42.6 Å². The fourth-order valence-corrected chi connectivity index (χ4v) is 1.37. The minimum Gasteiger partial charge on any atom is -0.366 e. The number of primary amides is 1. The van der Waals surface area contributed by atoms with Crippen LogP contribution in [-0.2, 0) is 4.79 Å². The molecule has 0 bridgehead atoms. The molecule has 0 unspecified atom stereocenters. The second-order valence-corrected chi connectivity index (χ2v) is 3.11. The predicted octanol–water partition coefficient (Wildman–Crippen LogP) is 1.67. The Balaban J connectivity index is 2.55. The fourth-order valence-electron chi connectivity index (χ4n) is 1.37. The van der Waals surface area contributed by atoms with E-state index in [9.17, 15) is 4.79 Å². The number of para-hydroxylation sites is 1.